The molecule has 0 saturated carbocycles. The molecule has 1 amide bonds. The maximum atomic E-state index is 12.9. The van der Waals surface area contributed by atoms with E-state index in [0.717, 1.165) is 44.0 Å². The van der Waals surface area contributed by atoms with Crippen molar-refractivity contribution in [3.05, 3.63) is 48.0 Å². The molecule has 4 rings (SSSR count). The summed E-state index contributed by atoms with van der Waals surface area (Å²) in [6.07, 6.45) is 0.508. The van der Waals surface area contributed by atoms with E-state index >= 15 is 0 Å². The van der Waals surface area contributed by atoms with Crippen molar-refractivity contribution < 1.29 is 27.9 Å². The number of carbonyl (C=O) groups is 2. The molecule has 0 bridgehead atoms. The summed E-state index contributed by atoms with van der Waals surface area (Å²) in [6.45, 7) is 2.72. The number of piperidine rings is 1. The number of hydrogen-bond acceptors (Lipinski definition) is 4. The predicted molar refractivity (Wildman–Crippen MR) is 103 cm³/mol. The number of aromatic nitrogens is 2. The number of aliphatic carboxylic acids is 1. The minimum Gasteiger partial charge on any atom is -0.475 e. The zero-order chi connectivity index (χ0) is 22.1. The molecule has 2 aromatic rings. The largest absolute Gasteiger partial charge is 0.490 e. The summed E-state index contributed by atoms with van der Waals surface area (Å²) in [4.78, 5) is 30.5. The molecule has 1 aromatic carbocycles. The number of likely N-dealkylation sites (tertiary alicyclic amines) is 1. The van der Waals surface area contributed by atoms with Crippen molar-refractivity contribution in [2.45, 2.75) is 31.0 Å². The molecule has 2 aliphatic heterocycles. The summed E-state index contributed by atoms with van der Waals surface area (Å²) < 4.78 is 33.8. The topological polar surface area (TPSA) is 78.7 Å². The first-order chi connectivity index (χ1) is 14.1. The Balaban J connectivity index is 0.000000318. The summed E-state index contributed by atoms with van der Waals surface area (Å²) in [7, 11) is 3.93. The van der Waals surface area contributed by atoms with Gasteiger partial charge in [-0.3, -0.25) is 9.69 Å². The van der Waals surface area contributed by atoms with Crippen LogP contribution in [0.5, 0.6) is 0 Å². The van der Waals surface area contributed by atoms with Crippen LogP contribution in [-0.4, -0.2) is 57.7 Å². The Morgan fingerprint density at radius 2 is 1.80 bits per heavy atom. The Labute approximate surface area is 171 Å². The SMILES string of the molecule is CN1C(=O)C2(CCN(Cc3nccn3C)CC2)c2ccccc21.O=C(O)C(F)(F)F. The second kappa shape index (κ2) is 8.10. The molecule has 0 aliphatic carbocycles. The lowest BCUT2D eigenvalue weighted by molar-refractivity contribution is -0.192. The lowest BCUT2D eigenvalue weighted by Crippen LogP contribution is -2.48. The van der Waals surface area contributed by atoms with Crippen molar-refractivity contribution in [2.75, 3.05) is 25.0 Å². The van der Waals surface area contributed by atoms with Crippen LogP contribution in [0, 0.1) is 0 Å². The summed E-state index contributed by atoms with van der Waals surface area (Å²) >= 11 is 0. The Morgan fingerprint density at radius 3 is 2.33 bits per heavy atom. The molecule has 1 aromatic heterocycles. The third-order valence-electron chi connectivity index (χ3n) is 5.73. The number of para-hydroxylation sites is 1. The average Bonchev–Trinajstić information content (AvgIpc) is 3.19. The fourth-order valence-electron chi connectivity index (χ4n) is 4.04. The normalized spacial score (nSPS) is 18.2. The van der Waals surface area contributed by atoms with E-state index in [1.165, 1.54) is 5.56 Å². The fraction of sp³-hybridized carbons (Fsp3) is 0.450. The van der Waals surface area contributed by atoms with Gasteiger partial charge in [0.15, 0.2) is 0 Å². The van der Waals surface area contributed by atoms with Gasteiger partial charge in [-0.15, -0.1) is 0 Å². The smallest absolute Gasteiger partial charge is 0.475 e. The number of halogens is 3. The second-order valence-corrected chi connectivity index (χ2v) is 7.50. The number of carboxylic acids is 1. The maximum Gasteiger partial charge on any atom is 0.490 e. The number of aryl methyl sites for hydroxylation is 1. The molecule has 162 valence electrons. The average molecular weight is 424 g/mol. The standard InChI is InChI=1S/C18H22N4O.C2HF3O2/c1-20-12-9-19-16(20)13-22-10-7-18(8-11-22)14-5-3-4-6-15(14)21(2)17(18)23;3-2(4,5)1(6)7/h3-6,9,12H,7-8,10-11,13H2,1-2H3;(H,6,7). The van der Waals surface area contributed by atoms with E-state index in [-0.39, 0.29) is 11.3 Å². The van der Waals surface area contributed by atoms with E-state index in [0.29, 0.717) is 0 Å². The highest BCUT2D eigenvalue weighted by atomic mass is 19.4. The first-order valence-corrected chi connectivity index (χ1v) is 9.42. The number of carbonyl (C=O) groups excluding carboxylic acids is 1. The van der Waals surface area contributed by atoms with Gasteiger partial charge < -0.3 is 14.6 Å². The van der Waals surface area contributed by atoms with Crippen LogP contribution in [-0.2, 0) is 28.6 Å². The van der Waals surface area contributed by atoms with Gasteiger partial charge in [-0.25, -0.2) is 9.78 Å². The molecular weight excluding hydrogens is 401 g/mol. The van der Waals surface area contributed by atoms with Crippen LogP contribution in [0.3, 0.4) is 0 Å². The summed E-state index contributed by atoms with van der Waals surface area (Å²) in [6, 6.07) is 8.25. The number of likely N-dealkylation sites (N-methyl/N-ethyl adjacent to an activating group) is 1. The Bertz CT molecular complexity index is 933. The van der Waals surface area contributed by atoms with Gasteiger partial charge >= 0.3 is 12.1 Å². The third kappa shape index (κ3) is 4.04. The van der Waals surface area contributed by atoms with E-state index in [1.54, 1.807) is 0 Å². The Hall–Kier alpha value is -2.88. The van der Waals surface area contributed by atoms with Crippen LogP contribution < -0.4 is 4.90 Å². The molecule has 7 nitrogen and oxygen atoms in total. The first kappa shape index (κ1) is 21.8. The van der Waals surface area contributed by atoms with E-state index in [1.807, 2.05) is 43.5 Å². The predicted octanol–water partition coefficient (Wildman–Crippen LogP) is 2.56. The fourth-order valence-corrected chi connectivity index (χ4v) is 4.04. The van der Waals surface area contributed by atoms with E-state index in [9.17, 15) is 18.0 Å². The number of fused-ring (bicyclic) bond motifs is 2. The molecular formula is C20H23F3N4O3. The molecule has 1 fully saturated rings. The molecule has 1 saturated heterocycles. The lowest BCUT2D eigenvalue weighted by atomic mass is 9.73. The van der Waals surface area contributed by atoms with Crippen LogP contribution in [0.15, 0.2) is 36.7 Å². The Kier molecular flexibility index (Phi) is 5.89. The van der Waals surface area contributed by atoms with Crippen molar-refractivity contribution in [2.24, 2.45) is 7.05 Å². The highest BCUT2D eigenvalue weighted by Crippen LogP contribution is 2.47. The molecule has 1 N–H and O–H groups in total. The van der Waals surface area contributed by atoms with Gasteiger partial charge in [0.25, 0.3) is 0 Å². The molecule has 0 atom stereocenters. The number of imidazole rings is 1. The van der Waals surface area contributed by atoms with Crippen LogP contribution in [0.4, 0.5) is 18.9 Å². The van der Waals surface area contributed by atoms with Crippen molar-refractivity contribution in [3.63, 3.8) is 0 Å². The molecule has 3 heterocycles. The number of alkyl halides is 3. The van der Waals surface area contributed by atoms with Gasteiger partial charge in [-0.05, 0) is 37.6 Å². The molecule has 0 radical (unpaired) electrons. The van der Waals surface area contributed by atoms with Crippen molar-refractivity contribution in [1.29, 1.82) is 0 Å². The number of rotatable bonds is 2. The van der Waals surface area contributed by atoms with Gasteiger partial charge in [0.1, 0.15) is 5.82 Å². The summed E-state index contributed by atoms with van der Waals surface area (Å²) in [5, 5.41) is 7.12. The van der Waals surface area contributed by atoms with Gasteiger partial charge in [0.05, 0.1) is 12.0 Å². The number of amides is 1. The van der Waals surface area contributed by atoms with Crippen molar-refractivity contribution in [1.82, 2.24) is 14.5 Å². The van der Waals surface area contributed by atoms with Crippen molar-refractivity contribution >= 4 is 17.6 Å². The number of nitrogens with zero attached hydrogens (tertiary/aromatic N) is 4. The van der Waals surface area contributed by atoms with E-state index in [2.05, 4.69) is 26.6 Å². The van der Waals surface area contributed by atoms with Crippen LogP contribution in [0.2, 0.25) is 0 Å². The number of anilines is 1. The molecule has 10 heteroatoms. The van der Waals surface area contributed by atoms with Crippen LogP contribution in [0.1, 0.15) is 24.2 Å². The summed E-state index contributed by atoms with van der Waals surface area (Å²) in [5.74, 6) is -1.42. The van der Waals surface area contributed by atoms with Crippen molar-refractivity contribution in [3.8, 4) is 0 Å². The first-order valence-electron chi connectivity index (χ1n) is 9.42. The maximum absolute atomic E-state index is 12.9. The van der Waals surface area contributed by atoms with E-state index in [4.69, 9.17) is 9.90 Å². The zero-order valence-electron chi connectivity index (χ0n) is 16.7. The van der Waals surface area contributed by atoms with E-state index < -0.39 is 12.1 Å². The number of benzene rings is 1. The Morgan fingerprint density at radius 1 is 1.20 bits per heavy atom. The highest BCUT2D eigenvalue weighted by molar-refractivity contribution is 6.07. The minimum absolute atomic E-state index is 0.260. The molecule has 1 spiro atoms. The highest BCUT2D eigenvalue weighted by Gasteiger charge is 2.50. The lowest BCUT2D eigenvalue weighted by Gasteiger charge is -2.38. The van der Waals surface area contributed by atoms with Gasteiger partial charge in [0, 0.05) is 32.2 Å². The monoisotopic (exact) mass is 424 g/mol. The summed E-state index contributed by atoms with van der Waals surface area (Å²) in [5.41, 5.74) is 1.97. The molecule has 30 heavy (non-hydrogen) atoms. The molecule has 0 unspecified atom stereocenters. The minimum atomic E-state index is -5.08. The van der Waals surface area contributed by atoms with Gasteiger partial charge in [-0.1, -0.05) is 18.2 Å². The zero-order valence-corrected chi connectivity index (χ0v) is 16.7. The second-order valence-electron chi connectivity index (χ2n) is 7.50. The number of hydrogen-bond donors (Lipinski definition) is 1. The third-order valence-corrected chi connectivity index (χ3v) is 5.73. The molecule has 2 aliphatic rings. The van der Waals surface area contributed by atoms with Crippen LogP contribution in [0.25, 0.3) is 0 Å². The van der Waals surface area contributed by atoms with Crippen LogP contribution >= 0.6 is 0 Å². The van der Waals surface area contributed by atoms with Gasteiger partial charge in [-0.2, -0.15) is 13.2 Å². The quantitative estimate of drug-likeness (QED) is 0.802. The number of carboxylic acid groups (broad SMARTS) is 1. The van der Waals surface area contributed by atoms with Gasteiger partial charge in [0.2, 0.25) is 5.91 Å².